The van der Waals surface area contributed by atoms with E-state index in [9.17, 15) is 4.79 Å². The Kier molecular flexibility index (Phi) is 2.99. The van der Waals surface area contributed by atoms with Gasteiger partial charge in [-0.3, -0.25) is 0 Å². The third-order valence-electron chi connectivity index (χ3n) is 3.10. The molecule has 1 heterocycles. The van der Waals surface area contributed by atoms with Crippen molar-refractivity contribution in [2.75, 3.05) is 18.8 Å². The molecule has 0 saturated carbocycles. The fourth-order valence-corrected chi connectivity index (χ4v) is 2.19. The molecule has 1 aromatic rings. The van der Waals surface area contributed by atoms with E-state index in [2.05, 4.69) is 0 Å². The first-order valence-electron chi connectivity index (χ1n) is 5.50. The first-order chi connectivity index (χ1) is 7.66. The van der Waals surface area contributed by atoms with Crippen LogP contribution in [-0.4, -0.2) is 29.2 Å². The second-order valence-corrected chi connectivity index (χ2v) is 4.23. The fourth-order valence-electron chi connectivity index (χ4n) is 2.19. The Hall–Kier alpha value is -1.71. The number of nitrogens with zero attached hydrogens (tertiary/aromatic N) is 1. The van der Waals surface area contributed by atoms with Gasteiger partial charge in [-0.25, -0.2) is 4.79 Å². The molecule has 0 aromatic heterocycles. The average molecular weight is 220 g/mol. The smallest absolute Gasteiger partial charge is 0.407 e. The van der Waals surface area contributed by atoms with Crippen molar-refractivity contribution in [2.45, 2.75) is 18.8 Å². The Labute approximate surface area is 94.7 Å². The lowest BCUT2D eigenvalue weighted by molar-refractivity contribution is 0.130. The Balaban J connectivity index is 2.09. The number of carboxylic acid groups (broad SMARTS) is 1. The van der Waals surface area contributed by atoms with Crippen LogP contribution in [0.15, 0.2) is 24.3 Å². The van der Waals surface area contributed by atoms with Crippen molar-refractivity contribution in [3.63, 3.8) is 0 Å². The van der Waals surface area contributed by atoms with Crippen molar-refractivity contribution in [3.8, 4) is 0 Å². The number of rotatable bonds is 1. The predicted octanol–water partition coefficient (Wildman–Crippen LogP) is 2.13. The van der Waals surface area contributed by atoms with E-state index in [0.29, 0.717) is 19.0 Å². The van der Waals surface area contributed by atoms with Gasteiger partial charge in [0.1, 0.15) is 0 Å². The van der Waals surface area contributed by atoms with E-state index >= 15 is 0 Å². The molecule has 1 saturated heterocycles. The molecular formula is C12H16N2O2. The van der Waals surface area contributed by atoms with Crippen LogP contribution in [0.5, 0.6) is 0 Å². The molecule has 0 bridgehead atoms. The maximum Gasteiger partial charge on any atom is 0.407 e. The van der Waals surface area contributed by atoms with Crippen molar-refractivity contribution < 1.29 is 9.90 Å². The number of carbonyl (C=O) groups is 1. The summed E-state index contributed by atoms with van der Waals surface area (Å²) in [4.78, 5) is 12.4. The number of hydrogen-bond donors (Lipinski definition) is 2. The van der Waals surface area contributed by atoms with Gasteiger partial charge in [0, 0.05) is 24.7 Å². The van der Waals surface area contributed by atoms with Crippen molar-refractivity contribution in [2.24, 2.45) is 0 Å². The van der Waals surface area contributed by atoms with Crippen LogP contribution >= 0.6 is 0 Å². The Morgan fingerprint density at radius 3 is 2.69 bits per heavy atom. The summed E-state index contributed by atoms with van der Waals surface area (Å²) < 4.78 is 0. The van der Waals surface area contributed by atoms with Gasteiger partial charge in [-0.15, -0.1) is 0 Å². The number of benzene rings is 1. The lowest BCUT2D eigenvalue weighted by Gasteiger charge is -2.31. The van der Waals surface area contributed by atoms with Crippen LogP contribution in [0.1, 0.15) is 24.3 Å². The molecule has 1 unspecified atom stereocenters. The summed E-state index contributed by atoms with van der Waals surface area (Å²) in [7, 11) is 0. The molecule has 0 spiro atoms. The van der Waals surface area contributed by atoms with Crippen LogP contribution in [0.4, 0.5) is 10.5 Å². The molecular weight excluding hydrogens is 204 g/mol. The van der Waals surface area contributed by atoms with Crippen molar-refractivity contribution in [3.05, 3.63) is 29.8 Å². The maximum absolute atomic E-state index is 10.9. The number of anilines is 1. The van der Waals surface area contributed by atoms with Crippen LogP contribution in [0.3, 0.4) is 0 Å². The monoisotopic (exact) mass is 220 g/mol. The standard InChI is InChI=1S/C12H16N2O2/c13-11-5-3-9(4-6-11)10-2-1-7-14(8-10)12(15)16/h3-6,10H,1-2,7-8,13H2,(H,15,16). The maximum atomic E-state index is 10.9. The van der Waals surface area contributed by atoms with E-state index in [0.717, 1.165) is 18.5 Å². The molecule has 16 heavy (non-hydrogen) atoms. The number of hydrogen-bond acceptors (Lipinski definition) is 2. The van der Waals surface area contributed by atoms with Gasteiger partial charge in [-0.05, 0) is 30.5 Å². The molecule has 1 atom stereocenters. The molecule has 2 rings (SSSR count). The van der Waals surface area contributed by atoms with E-state index in [1.54, 1.807) is 0 Å². The number of nitrogen functional groups attached to an aromatic ring is 1. The van der Waals surface area contributed by atoms with Gasteiger partial charge in [0.05, 0.1) is 0 Å². The van der Waals surface area contributed by atoms with Crippen LogP contribution < -0.4 is 5.73 Å². The highest BCUT2D eigenvalue weighted by Gasteiger charge is 2.23. The lowest BCUT2D eigenvalue weighted by atomic mass is 9.91. The predicted molar refractivity (Wildman–Crippen MR) is 62.4 cm³/mol. The van der Waals surface area contributed by atoms with Gasteiger partial charge in [-0.1, -0.05) is 12.1 Å². The third-order valence-corrected chi connectivity index (χ3v) is 3.10. The average Bonchev–Trinajstić information content (AvgIpc) is 2.30. The number of nitrogens with two attached hydrogens (primary N) is 1. The largest absolute Gasteiger partial charge is 0.465 e. The third kappa shape index (κ3) is 2.27. The van der Waals surface area contributed by atoms with Crippen molar-refractivity contribution >= 4 is 11.8 Å². The quantitative estimate of drug-likeness (QED) is 0.712. The molecule has 3 N–H and O–H groups in total. The molecule has 0 aliphatic carbocycles. The lowest BCUT2D eigenvalue weighted by Crippen LogP contribution is -2.38. The van der Waals surface area contributed by atoms with Gasteiger partial charge in [0.15, 0.2) is 0 Å². The minimum absolute atomic E-state index is 0.311. The first-order valence-corrected chi connectivity index (χ1v) is 5.50. The molecule has 1 amide bonds. The zero-order chi connectivity index (χ0) is 11.5. The minimum Gasteiger partial charge on any atom is -0.465 e. The molecule has 1 aliphatic heterocycles. The summed E-state index contributed by atoms with van der Waals surface area (Å²) >= 11 is 0. The first kappa shape index (κ1) is 10.8. The van der Waals surface area contributed by atoms with Crippen LogP contribution in [-0.2, 0) is 0 Å². The van der Waals surface area contributed by atoms with E-state index in [1.165, 1.54) is 10.5 Å². The molecule has 86 valence electrons. The van der Waals surface area contributed by atoms with Crippen molar-refractivity contribution in [1.82, 2.24) is 4.90 Å². The van der Waals surface area contributed by atoms with Gasteiger partial charge in [-0.2, -0.15) is 0 Å². The normalized spacial score (nSPS) is 20.8. The van der Waals surface area contributed by atoms with Gasteiger partial charge in [0.25, 0.3) is 0 Å². The summed E-state index contributed by atoms with van der Waals surface area (Å²) in [5, 5.41) is 8.95. The van der Waals surface area contributed by atoms with Gasteiger partial charge in [0.2, 0.25) is 0 Å². The zero-order valence-electron chi connectivity index (χ0n) is 9.10. The molecule has 0 radical (unpaired) electrons. The number of likely N-dealkylation sites (tertiary alicyclic amines) is 1. The summed E-state index contributed by atoms with van der Waals surface area (Å²) in [6, 6.07) is 7.72. The zero-order valence-corrected chi connectivity index (χ0v) is 9.10. The Morgan fingerprint density at radius 1 is 1.38 bits per heavy atom. The van der Waals surface area contributed by atoms with Crippen LogP contribution in [0.2, 0.25) is 0 Å². The summed E-state index contributed by atoms with van der Waals surface area (Å²) in [6.45, 7) is 1.25. The molecule has 4 nitrogen and oxygen atoms in total. The Bertz CT molecular complexity index is 375. The second kappa shape index (κ2) is 4.43. The molecule has 1 aromatic carbocycles. The minimum atomic E-state index is -0.819. The summed E-state index contributed by atoms with van der Waals surface area (Å²) in [5.74, 6) is 0.311. The molecule has 4 heteroatoms. The van der Waals surface area contributed by atoms with E-state index in [4.69, 9.17) is 10.8 Å². The van der Waals surface area contributed by atoms with Crippen LogP contribution in [0, 0.1) is 0 Å². The van der Waals surface area contributed by atoms with E-state index < -0.39 is 6.09 Å². The summed E-state index contributed by atoms with van der Waals surface area (Å²) in [5.41, 5.74) is 7.55. The highest BCUT2D eigenvalue weighted by Crippen LogP contribution is 2.27. The van der Waals surface area contributed by atoms with Crippen LogP contribution in [0.25, 0.3) is 0 Å². The molecule has 1 fully saturated rings. The second-order valence-electron chi connectivity index (χ2n) is 4.23. The SMILES string of the molecule is Nc1ccc(C2CCCN(C(=O)O)C2)cc1. The van der Waals surface area contributed by atoms with Crippen molar-refractivity contribution in [1.29, 1.82) is 0 Å². The molecule has 1 aliphatic rings. The number of amides is 1. The van der Waals surface area contributed by atoms with E-state index in [-0.39, 0.29) is 0 Å². The summed E-state index contributed by atoms with van der Waals surface area (Å²) in [6.07, 6.45) is 1.16. The van der Waals surface area contributed by atoms with E-state index in [1.807, 2.05) is 24.3 Å². The highest BCUT2D eigenvalue weighted by atomic mass is 16.4. The highest BCUT2D eigenvalue weighted by molar-refractivity contribution is 5.65. The topological polar surface area (TPSA) is 66.6 Å². The van der Waals surface area contributed by atoms with Gasteiger partial charge < -0.3 is 15.7 Å². The number of piperidine rings is 1. The Morgan fingerprint density at radius 2 is 2.06 bits per heavy atom. The van der Waals surface area contributed by atoms with Gasteiger partial charge >= 0.3 is 6.09 Å². The fraction of sp³-hybridized carbons (Fsp3) is 0.417.